The number of hydrogen-bond donors (Lipinski definition) is 0. The Hall–Kier alpha value is -1.75. The van der Waals surface area contributed by atoms with Crippen LogP contribution < -0.4 is 4.74 Å². The van der Waals surface area contributed by atoms with Gasteiger partial charge in [0.2, 0.25) is 10.0 Å². The summed E-state index contributed by atoms with van der Waals surface area (Å²) in [5.74, 6) is -0.669. The van der Waals surface area contributed by atoms with E-state index in [0.717, 1.165) is 11.3 Å². The quantitative estimate of drug-likeness (QED) is 0.687. The summed E-state index contributed by atoms with van der Waals surface area (Å²) in [6.45, 7) is 0.491. The van der Waals surface area contributed by atoms with Crippen molar-refractivity contribution in [1.82, 2.24) is 14.3 Å². The van der Waals surface area contributed by atoms with Gasteiger partial charge in [-0.25, -0.2) is 23.2 Å². The molecule has 3 rings (SSSR count). The predicted molar refractivity (Wildman–Crippen MR) is 95.1 cm³/mol. The summed E-state index contributed by atoms with van der Waals surface area (Å²) >= 11 is 6.78. The summed E-state index contributed by atoms with van der Waals surface area (Å²) in [5, 5.41) is 1.94. The summed E-state index contributed by atoms with van der Waals surface area (Å²) in [6.07, 6.45) is 3.73. The maximum absolute atomic E-state index is 13.0. The van der Waals surface area contributed by atoms with Crippen molar-refractivity contribution in [3.63, 3.8) is 0 Å². The zero-order valence-corrected chi connectivity index (χ0v) is 16.2. The van der Waals surface area contributed by atoms with Gasteiger partial charge in [-0.15, -0.1) is 11.3 Å². The molecule has 2 aromatic rings. The topological polar surface area (TPSA) is 98.7 Å². The fraction of sp³-hybridized carbons (Fsp3) is 0.400. The number of thiophene rings is 1. The van der Waals surface area contributed by atoms with Gasteiger partial charge in [-0.2, -0.15) is 4.31 Å². The SMILES string of the molecule is COC(=O)c1sccc1S(=O)(=O)N1CCCC(Oc2ncc(Cl)cn2)C1. The van der Waals surface area contributed by atoms with Crippen LogP contribution in [0.5, 0.6) is 6.01 Å². The molecule has 0 spiro atoms. The highest BCUT2D eigenvalue weighted by Crippen LogP contribution is 2.28. The molecule has 1 aliphatic rings. The second-order valence-corrected chi connectivity index (χ2v) is 8.79. The van der Waals surface area contributed by atoms with Crippen molar-refractivity contribution in [3.05, 3.63) is 33.7 Å². The molecule has 1 unspecified atom stereocenters. The molecule has 140 valence electrons. The first-order valence-corrected chi connectivity index (χ1v) is 10.4. The van der Waals surface area contributed by atoms with Gasteiger partial charge in [-0.05, 0) is 24.3 Å². The third-order valence-electron chi connectivity index (χ3n) is 3.83. The summed E-state index contributed by atoms with van der Waals surface area (Å²) < 4.78 is 37.6. The van der Waals surface area contributed by atoms with Crippen molar-refractivity contribution in [2.75, 3.05) is 20.2 Å². The molecule has 1 fully saturated rings. The van der Waals surface area contributed by atoms with Crippen molar-refractivity contribution in [1.29, 1.82) is 0 Å². The van der Waals surface area contributed by atoms with Crippen LogP contribution in [0.3, 0.4) is 0 Å². The van der Waals surface area contributed by atoms with Crippen molar-refractivity contribution in [2.45, 2.75) is 23.8 Å². The van der Waals surface area contributed by atoms with Gasteiger partial charge in [0.05, 0.1) is 31.1 Å². The maximum Gasteiger partial charge on any atom is 0.349 e. The van der Waals surface area contributed by atoms with Crippen LogP contribution in [0.2, 0.25) is 5.02 Å². The van der Waals surface area contributed by atoms with Gasteiger partial charge in [0.1, 0.15) is 15.9 Å². The van der Waals surface area contributed by atoms with E-state index in [1.807, 2.05) is 0 Å². The molecule has 0 amide bonds. The molecule has 3 heterocycles. The highest BCUT2D eigenvalue weighted by molar-refractivity contribution is 7.89. The molecule has 0 radical (unpaired) electrons. The number of methoxy groups -OCH3 is 1. The van der Waals surface area contributed by atoms with Crippen molar-refractivity contribution < 1.29 is 22.7 Å². The number of nitrogens with zero attached hydrogens (tertiary/aromatic N) is 3. The monoisotopic (exact) mass is 417 g/mol. The van der Waals surface area contributed by atoms with Gasteiger partial charge >= 0.3 is 12.0 Å². The third kappa shape index (κ3) is 3.98. The fourth-order valence-electron chi connectivity index (χ4n) is 2.61. The van der Waals surface area contributed by atoms with Gasteiger partial charge in [0, 0.05) is 6.54 Å². The largest absolute Gasteiger partial charge is 0.465 e. The minimum atomic E-state index is -3.84. The molecule has 2 aromatic heterocycles. The summed E-state index contributed by atoms with van der Waals surface area (Å²) in [6, 6.07) is 1.56. The minimum absolute atomic E-state index is 0.0438. The highest BCUT2D eigenvalue weighted by atomic mass is 35.5. The number of carbonyl (C=O) groups is 1. The molecule has 1 saturated heterocycles. The first-order chi connectivity index (χ1) is 12.4. The molecule has 0 aliphatic carbocycles. The van der Waals surface area contributed by atoms with Gasteiger partial charge in [-0.3, -0.25) is 0 Å². The maximum atomic E-state index is 13.0. The van der Waals surface area contributed by atoms with Crippen molar-refractivity contribution in [2.24, 2.45) is 0 Å². The highest BCUT2D eigenvalue weighted by Gasteiger charge is 2.34. The van der Waals surface area contributed by atoms with E-state index in [1.165, 1.54) is 29.9 Å². The van der Waals surface area contributed by atoms with E-state index < -0.39 is 16.0 Å². The zero-order chi connectivity index (χ0) is 18.7. The van der Waals surface area contributed by atoms with E-state index >= 15 is 0 Å². The zero-order valence-electron chi connectivity index (χ0n) is 13.8. The lowest BCUT2D eigenvalue weighted by atomic mass is 10.1. The average molecular weight is 418 g/mol. The van der Waals surface area contributed by atoms with E-state index in [-0.39, 0.29) is 28.4 Å². The molecule has 0 saturated carbocycles. The molecule has 1 atom stereocenters. The number of rotatable bonds is 5. The van der Waals surface area contributed by atoms with Crippen LogP contribution in [-0.4, -0.2) is 55.0 Å². The third-order valence-corrected chi connectivity index (χ3v) is 6.95. The molecular formula is C15H16ClN3O5S2. The van der Waals surface area contributed by atoms with Crippen LogP contribution in [0.15, 0.2) is 28.7 Å². The van der Waals surface area contributed by atoms with Crippen LogP contribution in [0, 0.1) is 0 Å². The molecular weight excluding hydrogens is 402 g/mol. The number of sulfonamides is 1. The average Bonchev–Trinajstić information content (AvgIpc) is 3.14. The number of carbonyl (C=O) groups excluding carboxylic acids is 1. The van der Waals surface area contributed by atoms with Crippen molar-refractivity contribution in [3.8, 4) is 6.01 Å². The lowest BCUT2D eigenvalue weighted by molar-refractivity contribution is 0.0602. The second-order valence-electron chi connectivity index (χ2n) is 5.53. The molecule has 11 heteroatoms. The Balaban J connectivity index is 1.77. The molecule has 0 aromatic carbocycles. The van der Waals surface area contributed by atoms with E-state index in [4.69, 9.17) is 16.3 Å². The minimum Gasteiger partial charge on any atom is -0.465 e. The number of aromatic nitrogens is 2. The fourth-order valence-corrected chi connectivity index (χ4v) is 5.53. The second kappa shape index (κ2) is 7.87. The van der Waals surface area contributed by atoms with E-state index in [0.29, 0.717) is 24.4 Å². The van der Waals surface area contributed by atoms with Crippen LogP contribution in [0.25, 0.3) is 0 Å². The Bertz CT molecular complexity index is 885. The Morgan fingerprint density at radius 2 is 2.12 bits per heavy atom. The summed E-state index contributed by atoms with van der Waals surface area (Å²) in [5.41, 5.74) is 0. The number of halogens is 1. The predicted octanol–water partition coefficient (Wildman–Crippen LogP) is 2.21. The Morgan fingerprint density at radius 3 is 2.81 bits per heavy atom. The number of hydrogen-bond acceptors (Lipinski definition) is 8. The Labute approximate surface area is 159 Å². The lowest BCUT2D eigenvalue weighted by Crippen LogP contribution is -2.44. The van der Waals surface area contributed by atoms with Crippen molar-refractivity contribution >= 4 is 38.9 Å². The molecule has 0 bridgehead atoms. The molecule has 26 heavy (non-hydrogen) atoms. The van der Waals surface area contributed by atoms with Gasteiger partial charge in [0.25, 0.3) is 0 Å². The molecule has 1 aliphatic heterocycles. The van der Waals surface area contributed by atoms with Gasteiger partial charge < -0.3 is 9.47 Å². The van der Waals surface area contributed by atoms with Crippen LogP contribution in [0.4, 0.5) is 0 Å². The number of ether oxygens (including phenoxy) is 2. The van der Waals surface area contributed by atoms with Crippen LogP contribution >= 0.6 is 22.9 Å². The van der Waals surface area contributed by atoms with E-state index in [1.54, 1.807) is 5.38 Å². The number of piperidine rings is 1. The normalized spacial score (nSPS) is 18.5. The Kier molecular flexibility index (Phi) is 5.76. The first-order valence-electron chi connectivity index (χ1n) is 7.72. The molecule has 0 N–H and O–H groups in total. The van der Waals surface area contributed by atoms with E-state index in [9.17, 15) is 13.2 Å². The van der Waals surface area contributed by atoms with Gasteiger partial charge in [0.15, 0.2) is 0 Å². The summed E-state index contributed by atoms with van der Waals surface area (Å²) in [7, 11) is -2.62. The van der Waals surface area contributed by atoms with Crippen LogP contribution in [-0.2, 0) is 14.8 Å². The van der Waals surface area contributed by atoms with E-state index in [2.05, 4.69) is 14.7 Å². The van der Waals surface area contributed by atoms with Crippen LogP contribution in [0.1, 0.15) is 22.5 Å². The van der Waals surface area contributed by atoms with Gasteiger partial charge in [-0.1, -0.05) is 11.6 Å². The Morgan fingerprint density at radius 1 is 1.38 bits per heavy atom. The standard InChI is InChI=1S/C15H16ClN3O5S2/c1-23-14(20)13-12(4-6-25-13)26(21,22)19-5-2-3-11(9-19)24-15-17-7-10(16)8-18-15/h4,6-8,11H,2-3,5,9H2,1H3. The number of esters is 1. The smallest absolute Gasteiger partial charge is 0.349 e. The summed E-state index contributed by atoms with van der Waals surface area (Å²) in [4.78, 5) is 19.8. The first kappa shape index (κ1) is 19.0. The molecule has 8 nitrogen and oxygen atoms in total. The lowest BCUT2D eigenvalue weighted by Gasteiger charge is -2.31.